The Kier molecular flexibility index (Phi) is 5.45. The summed E-state index contributed by atoms with van der Waals surface area (Å²) < 4.78 is 5.56. The van der Waals surface area contributed by atoms with E-state index < -0.39 is 23.7 Å². The first-order valence-corrected chi connectivity index (χ1v) is 11.1. The number of carbonyl (C=O) groups is 4. The van der Waals surface area contributed by atoms with Gasteiger partial charge < -0.3 is 9.64 Å². The van der Waals surface area contributed by atoms with Crippen LogP contribution >= 0.6 is 0 Å². The van der Waals surface area contributed by atoms with Gasteiger partial charge in [-0.1, -0.05) is 48.5 Å². The number of esters is 1. The third-order valence-corrected chi connectivity index (χ3v) is 6.33. The van der Waals surface area contributed by atoms with Gasteiger partial charge in [0.2, 0.25) is 5.91 Å². The maximum Gasteiger partial charge on any atom is 0.316 e. The summed E-state index contributed by atoms with van der Waals surface area (Å²) in [5.74, 6) is -1.84. The molecule has 0 aromatic heterocycles. The lowest BCUT2D eigenvalue weighted by Crippen LogP contribution is -2.30. The van der Waals surface area contributed by atoms with Gasteiger partial charge in [-0.2, -0.15) is 0 Å². The molecule has 0 N–H and O–H groups in total. The average molecular weight is 454 g/mol. The number of ether oxygens (including phenoxy) is 1. The van der Waals surface area contributed by atoms with E-state index in [4.69, 9.17) is 4.74 Å². The van der Waals surface area contributed by atoms with Crippen molar-refractivity contribution in [1.29, 1.82) is 0 Å². The average Bonchev–Trinajstić information content (AvgIpc) is 3.37. The molecule has 0 aliphatic carbocycles. The van der Waals surface area contributed by atoms with Crippen LogP contribution < -0.4 is 9.64 Å². The van der Waals surface area contributed by atoms with E-state index in [-0.39, 0.29) is 30.7 Å². The van der Waals surface area contributed by atoms with Gasteiger partial charge in [0.25, 0.3) is 11.8 Å². The molecule has 3 amide bonds. The third kappa shape index (κ3) is 3.75. The number of rotatable bonds is 5. The summed E-state index contributed by atoms with van der Waals surface area (Å²) in [5, 5.41) is 0. The summed E-state index contributed by atoms with van der Waals surface area (Å²) in [5.41, 5.74) is 2.00. The summed E-state index contributed by atoms with van der Waals surface area (Å²) >= 11 is 0. The van der Waals surface area contributed by atoms with E-state index in [1.807, 2.05) is 37.3 Å². The van der Waals surface area contributed by atoms with Crippen LogP contribution in [0.25, 0.3) is 0 Å². The van der Waals surface area contributed by atoms with Crippen LogP contribution in [0.15, 0.2) is 78.9 Å². The Hall–Kier alpha value is -4.26. The summed E-state index contributed by atoms with van der Waals surface area (Å²) in [6, 6.07) is 22.4. The minimum Gasteiger partial charge on any atom is -0.426 e. The van der Waals surface area contributed by atoms with Crippen molar-refractivity contribution in [2.45, 2.75) is 19.4 Å². The predicted molar refractivity (Wildman–Crippen MR) is 124 cm³/mol. The fraction of sp³-hybridized carbons (Fsp3) is 0.185. The standard InChI is InChI=1S/C27H22N2O5/c1-17(18-8-3-2-4-9-18)28-16-19(14-24(28)30)27(33)34-21-11-7-10-20(15-21)29-25(31)22-12-5-6-13-23(22)26(29)32/h2-13,15,17,19H,14,16H2,1H3/t17-,19+/m0/s1. The molecule has 5 rings (SSSR count). The van der Waals surface area contributed by atoms with Crippen molar-refractivity contribution in [3.05, 3.63) is 95.6 Å². The van der Waals surface area contributed by atoms with Crippen LogP contribution in [0.2, 0.25) is 0 Å². The summed E-state index contributed by atoms with van der Waals surface area (Å²) in [6.45, 7) is 2.21. The van der Waals surface area contributed by atoms with Crippen molar-refractivity contribution in [3.63, 3.8) is 0 Å². The number of fused-ring (bicyclic) bond motifs is 1. The molecule has 3 aromatic rings. The third-order valence-electron chi connectivity index (χ3n) is 6.33. The molecule has 2 heterocycles. The van der Waals surface area contributed by atoms with Crippen molar-refractivity contribution in [2.24, 2.45) is 5.92 Å². The van der Waals surface area contributed by atoms with Gasteiger partial charge in [-0.3, -0.25) is 19.2 Å². The summed E-state index contributed by atoms with van der Waals surface area (Å²) in [7, 11) is 0. The van der Waals surface area contributed by atoms with Crippen molar-refractivity contribution >= 4 is 29.4 Å². The van der Waals surface area contributed by atoms with Crippen LogP contribution in [-0.2, 0) is 9.59 Å². The van der Waals surface area contributed by atoms with E-state index in [0.29, 0.717) is 16.8 Å². The van der Waals surface area contributed by atoms with Gasteiger partial charge in [-0.25, -0.2) is 4.90 Å². The maximum atomic E-state index is 12.9. The zero-order valence-corrected chi connectivity index (χ0v) is 18.5. The minimum atomic E-state index is -0.596. The van der Waals surface area contributed by atoms with Crippen molar-refractivity contribution in [2.75, 3.05) is 11.4 Å². The molecular formula is C27H22N2O5. The molecule has 0 bridgehead atoms. The first kappa shape index (κ1) is 21.6. The molecular weight excluding hydrogens is 432 g/mol. The largest absolute Gasteiger partial charge is 0.426 e. The second kappa shape index (κ2) is 8.59. The molecule has 0 unspecified atom stereocenters. The number of carbonyl (C=O) groups excluding carboxylic acids is 4. The lowest BCUT2D eigenvalue weighted by molar-refractivity contribution is -0.139. The highest BCUT2D eigenvalue weighted by molar-refractivity contribution is 6.34. The Labute approximate surface area is 196 Å². The number of hydrogen-bond acceptors (Lipinski definition) is 5. The number of hydrogen-bond donors (Lipinski definition) is 0. The number of anilines is 1. The highest BCUT2D eigenvalue weighted by atomic mass is 16.5. The van der Waals surface area contributed by atoms with Crippen LogP contribution in [0.4, 0.5) is 5.69 Å². The molecule has 7 nitrogen and oxygen atoms in total. The lowest BCUT2D eigenvalue weighted by atomic mass is 10.1. The monoisotopic (exact) mass is 454 g/mol. The van der Waals surface area contributed by atoms with Crippen LogP contribution in [0.1, 0.15) is 45.7 Å². The molecule has 3 aromatic carbocycles. The Morgan fingerprint density at radius 1 is 0.882 bits per heavy atom. The number of nitrogens with zero attached hydrogens (tertiary/aromatic N) is 2. The Bertz CT molecular complexity index is 1270. The van der Waals surface area contributed by atoms with E-state index in [1.54, 1.807) is 47.4 Å². The Balaban J connectivity index is 1.29. The van der Waals surface area contributed by atoms with Crippen LogP contribution in [0.5, 0.6) is 5.75 Å². The van der Waals surface area contributed by atoms with Gasteiger partial charge in [0, 0.05) is 19.0 Å². The molecule has 7 heteroatoms. The van der Waals surface area contributed by atoms with E-state index in [9.17, 15) is 19.2 Å². The Morgan fingerprint density at radius 2 is 1.53 bits per heavy atom. The van der Waals surface area contributed by atoms with E-state index in [2.05, 4.69) is 0 Å². The molecule has 0 spiro atoms. The summed E-state index contributed by atoms with van der Waals surface area (Å²) in [4.78, 5) is 53.7. The lowest BCUT2D eigenvalue weighted by Gasteiger charge is -2.25. The van der Waals surface area contributed by atoms with Crippen LogP contribution in [0, 0.1) is 5.92 Å². The molecule has 0 radical (unpaired) electrons. The number of benzene rings is 3. The molecule has 2 atom stereocenters. The first-order chi connectivity index (χ1) is 16.4. The van der Waals surface area contributed by atoms with Gasteiger partial charge in [0.15, 0.2) is 0 Å². The quantitative estimate of drug-likeness (QED) is 0.331. The van der Waals surface area contributed by atoms with Gasteiger partial charge in [-0.15, -0.1) is 0 Å². The highest BCUT2D eigenvalue weighted by Gasteiger charge is 2.39. The smallest absolute Gasteiger partial charge is 0.316 e. The van der Waals surface area contributed by atoms with Crippen LogP contribution in [0.3, 0.4) is 0 Å². The molecule has 170 valence electrons. The van der Waals surface area contributed by atoms with Gasteiger partial charge in [-0.05, 0) is 36.8 Å². The minimum absolute atomic E-state index is 0.0775. The molecule has 1 fully saturated rings. The number of likely N-dealkylation sites (tertiary alicyclic amines) is 1. The second-order valence-corrected chi connectivity index (χ2v) is 8.44. The first-order valence-electron chi connectivity index (χ1n) is 11.1. The molecule has 2 aliphatic rings. The van der Waals surface area contributed by atoms with Gasteiger partial charge in [0.05, 0.1) is 28.8 Å². The van der Waals surface area contributed by atoms with E-state index >= 15 is 0 Å². The molecule has 1 saturated heterocycles. The number of amides is 3. The van der Waals surface area contributed by atoms with Crippen molar-refractivity contribution in [3.8, 4) is 5.75 Å². The molecule has 2 aliphatic heterocycles. The zero-order valence-electron chi connectivity index (χ0n) is 18.5. The SMILES string of the molecule is C[C@@H](c1ccccc1)N1C[C@H](C(=O)Oc2cccc(N3C(=O)c4ccccc4C3=O)c2)CC1=O. The highest BCUT2D eigenvalue weighted by Crippen LogP contribution is 2.32. The maximum absolute atomic E-state index is 12.9. The van der Waals surface area contributed by atoms with Crippen LogP contribution in [-0.4, -0.2) is 35.1 Å². The van der Waals surface area contributed by atoms with Crippen molar-refractivity contribution < 1.29 is 23.9 Å². The second-order valence-electron chi connectivity index (χ2n) is 8.44. The Morgan fingerprint density at radius 3 is 2.21 bits per heavy atom. The fourth-order valence-electron chi connectivity index (χ4n) is 4.48. The zero-order chi connectivity index (χ0) is 23.8. The fourth-order valence-corrected chi connectivity index (χ4v) is 4.48. The van der Waals surface area contributed by atoms with Crippen molar-refractivity contribution in [1.82, 2.24) is 4.90 Å². The van der Waals surface area contributed by atoms with E-state index in [0.717, 1.165) is 10.5 Å². The normalized spacial score (nSPS) is 18.3. The number of imide groups is 1. The topological polar surface area (TPSA) is 84.0 Å². The predicted octanol–water partition coefficient (Wildman–Crippen LogP) is 4.00. The molecule has 0 saturated carbocycles. The summed E-state index contributed by atoms with van der Waals surface area (Å²) in [6.07, 6.45) is 0.0775. The van der Waals surface area contributed by atoms with Gasteiger partial charge in [0.1, 0.15) is 5.75 Å². The van der Waals surface area contributed by atoms with E-state index in [1.165, 1.54) is 6.07 Å². The van der Waals surface area contributed by atoms with Gasteiger partial charge >= 0.3 is 5.97 Å². The molecule has 34 heavy (non-hydrogen) atoms.